The second-order valence-corrected chi connectivity index (χ2v) is 7.16. The minimum Gasteiger partial charge on any atom is -0.396 e. The van der Waals surface area contributed by atoms with Crippen molar-refractivity contribution in [2.45, 2.75) is 39.0 Å². The number of nitrogens with one attached hydrogen (secondary N) is 1. The Morgan fingerprint density at radius 2 is 2.24 bits per heavy atom. The van der Waals surface area contributed by atoms with Gasteiger partial charge in [0.05, 0.1) is 0 Å². The largest absolute Gasteiger partial charge is 0.396 e. The van der Waals surface area contributed by atoms with Gasteiger partial charge in [0.15, 0.2) is 0 Å². The van der Waals surface area contributed by atoms with Crippen molar-refractivity contribution < 1.29 is 9.90 Å². The summed E-state index contributed by atoms with van der Waals surface area (Å²) in [7, 11) is 0. The van der Waals surface area contributed by atoms with Gasteiger partial charge >= 0.3 is 0 Å². The van der Waals surface area contributed by atoms with E-state index in [0.717, 1.165) is 29.8 Å². The average molecular weight is 310 g/mol. The Balaban J connectivity index is 1.72. The molecule has 1 saturated carbocycles. The molecule has 1 aromatic carbocycles. The molecular formula is C17H24ClNO2. The van der Waals surface area contributed by atoms with Gasteiger partial charge in [0.1, 0.15) is 0 Å². The first-order valence-electron chi connectivity index (χ1n) is 7.57. The third-order valence-electron chi connectivity index (χ3n) is 4.16. The number of carbonyl (C=O) groups excluding carboxylic acids is 1. The first-order chi connectivity index (χ1) is 9.93. The lowest BCUT2D eigenvalue weighted by Gasteiger charge is -2.21. The van der Waals surface area contributed by atoms with Gasteiger partial charge < -0.3 is 10.4 Å². The summed E-state index contributed by atoms with van der Waals surface area (Å²) in [6, 6.07) is 7.77. The van der Waals surface area contributed by atoms with E-state index in [1.807, 2.05) is 38.1 Å². The number of hydrogen-bond donors (Lipinski definition) is 2. The lowest BCUT2D eigenvalue weighted by molar-refractivity contribution is -0.122. The molecule has 3 nitrogen and oxygen atoms in total. The zero-order valence-corrected chi connectivity index (χ0v) is 13.5. The van der Waals surface area contributed by atoms with Crippen molar-refractivity contribution in [1.82, 2.24) is 5.32 Å². The number of aliphatic hydroxyl groups is 1. The van der Waals surface area contributed by atoms with E-state index in [9.17, 15) is 9.90 Å². The van der Waals surface area contributed by atoms with Crippen LogP contribution in [0.15, 0.2) is 24.3 Å². The van der Waals surface area contributed by atoms with E-state index in [4.69, 9.17) is 11.6 Å². The summed E-state index contributed by atoms with van der Waals surface area (Å²) in [6.45, 7) is 4.93. The molecule has 21 heavy (non-hydrogen) atoms. The Labute approximate surface area is 131 Å². The maximum Gasteiger partial charge on any atom is 0.223 e. The molecule has 0 spiro atoms. The predicted molar refractivity (Wildman–Crippen MR) is 85.4 cm³/mol. The van der Waals surface area contributed by atoms with Crippen molar-refractivity contribution in [1.29, 1.82) is 0 Å². The van der Waals surface area contributed by atoms with Gasteiger partial charge in [-0.05, 0) is 48.3 Å². The van der Waals surface area contributed by atoms with Gasteiger partial charge in [-0.3, -0.25) is 4.79 Å². The zero-order valence-electron chi connectivity index (χ0n) is 12.7. The summed E-state index contributed by atoms with van der Waals surface area (Å²) in [5.74, 6) is 0.550. The van der Waals surface area contributed by atoms with Gasteiger partial charge in [-0.25, -0.2) is 0 Å². The van der Waals surface area contributed by atoms with Crippen molar-refractivity contribution in [3.63, 3.8) is 0 Å². The minimum atomic E-state index is -0.0619. The lowest BCUT2D eigenvalue weighted by atomic mass is 9.89. The van der Waals surface area contributed by atoms with Gasteiger partial charge in [-0.1, -0.05) is 37.6 Å². The molecule has 0 bridgehead atoms. The number of aliphatic hydroxyl groups excluding tert-OH is 1. The maximum atomic E-state index is 12.1. The van der Waals surface area contributed by atoms with E-state index in [-0.39, 0.29) is 23.8 Å². The molecule has 1 fully saturated rings. The monoisotopic (exact) mass is 309 g/mol. The third kappa shape index (κ3) is 4.72. The van der Waals surface area contributed by atoms with Crippen LogP contribution >= 0.6 is 11.6 Å². The summed E-state index contributed by atoms with van der Waals surface area (Å²) in [5.41, 5.74) is 1.09. The molecule has 0 saturated heterocycles. The fourth-order valence-corrected chi connectivity index (χ4v) is 2.78. The number of rotatable bonds is 7. The molecule has 1 aromatic rings. The van der Waals surface area contributed by atoms with Crippen molar-refractivity contribution in [2.24, 2.45) is 11.3 Å². The van der Waals surface area contributed by atoms with Crippen LogP contribution in [0.2, 0.25) is 5.02 Å². The molecule has 0 heterocycles. The molecule has 2 unspecified atom stereocenters. The Hall–Kier alpha value is -1.06. The summed E-state index contributed by atoms with van der Waals surface area (Å²) >= 11 is 5.98. The summed E-state index contributed by atoms with van der Waals surface area (Å²) in [4.78, 5) is 12.1. The van der Waals surface area contributed by atoms with E-state index < -0.39 is 0 Å². The SMILES string of the molecule is CC(C)(CO)CCCNC(=O)C1CC1c1cccc(Cl)c1. The number of amides is 1. The molecule has 0 aliphatic heterocycles. The highest BCUT2D eigenvalue weighted by Crippen LogP contribution is 2.47. The number of benzene rings is 1. The van der Waals surface area contributed by atoms with E-state index in [1.54, 1.807) is 0 Å². The molecule has 2 atom stereocenters. The Morgan fingerprint density at radius 3 is 2.90 bits per heavy atom. The van der Waals surface area contributed by atoms with Crippen molar-refractivity contribution >= 4 is 17.5 Å². The summed E-state index contributed by atoms with van der Waals surface area (Å²) < 4.78 is 0. The molecule has 2 N–H and O–H groups in total. The van der Waals surface area contributed by atoms with Crippen LogP contribution in [-0.4, -0.2) is 24.2 Å². The number of carbonyl (C=O) groups is 1. The average Bonchev–Trinajstić information content (AvgIpc) is 3.24. The van der Waals surface area contributed by atoms with E-state index in [1.165, 1.54) is 0 Å². The highest BCUT2D eigenvalue weighted by atomic mass is 35.5. The molecule has 4 heteroatoms. The minimum absolute atomic E-state index is 0.0619. The van der Waals surface area contributed by atoms with Crippen LogP contribution in [0.5, 0.6) is 0 Å². The zero-order chi connectivity index (χ0) is 15.5. The van der Waals surface area contributed by atoms with Crippen LogP contribution in [0.1, 0.15) is 44.6 Å². The Kier molecular flexibility index (Phi) is 5.28. The molecule has 1 aliphatic carbocycles. The smallest absolute Gasteiger partial charge is 0.223 e. The van der Waals surface area contributed by atoms with Crippen LogP contribution in [-0.2, 0) is 4.79 Å². The quantitative estimate of drug-likeness (QED) is 0.759. The molecule has 0 aromatic heterocycles. The van der Waals surface area contributed by atoms with Crippen LogP contribution in [0.3, 0.4) is 0 Å². The molecule has 1 aliphatic rings. The van der Waals surface area contributed by atoms with Crippen LogP contribution < -0.4 is 5.32 Å². The fourth-order valence-electron chi connectivity index (χ4n) is 2.58. The van der Waals surface area contributed by atoms with Crippen LogP contribution in [0.25, 0.3) is 0 Å². The summed E-state index contributed by atoms with van der Waals surface area (Å²) in [5, 5.41) is 12.9. The normalized spacial score (nSPS) is 21.1. The second-order valence-electron chi connectivity index (χ2n) is 6.72. The molecular weight excluding hydrogens is 286 g/mol. The second kappa shape index (κ2) is 6.80. The van der Waals surface area contributed by atoms with Crippen LogP contribution in [0, 0.1) is 11.3 Å². The van der Waals surface area contributed by atoms with E-state index in [0.29, 0.717) is 12.5 Å². The maximum absolute atomic E-state index is 12.1. The Morgan fingerprint density at radius 1 is 1.48 bits per heavy atom. The standard InChI is InChI=1S/C17H24ClNO2/c1-17(2,11-20)7-4-8-19-16(21)15-10-14(15)12-5-3-6-13(18)9-12/h3,5-6,9,14-15,20H,4,7-8,10-11H2,1-2H3,(H,19,21). The molecule has 0 radical (unpaired) electrons. The highest BCUT2D eigenvalue weighted by Gasteiger charge is 2.43. The van der Waals surface area contributed by atoms with E-state index in [2.05, 4.69) is 5.32 Å². The molecule has 2 rings (SSSR count). The Bertz CT molecular complexity index is 501. The third-order valence-corrected chi connectivity index (χ3v) is 4.40. The fraction of sp³-hybridized carbons (Fsp3) is 0.588. The van der Waals surface area contributed by atoms with Gasteiger partial charge in [0, 0.05) is 24.1 Å². The van der Waals surface area contributed by atoms with Gasteiger partial charge in [-0.2, -0.15) is 0 Å². The lowest BCUT2D eigenvalue weighted by Crippen LogP contribution is -2.28. The van der Waals surface area contributed by atoms with Gasteiger partial charge in [0.2, 0.25) is 5.91 Å². The topological polar surface area (TPSA) is 49.3 Å². The first-order valence-corrected chi connectivity index (χ1v) is 7.95. The van der Waals surface area contributed by atoms with Crippen molar-refractivity contribution in [3.8, 4) is 0 Å². The predicted octanol–water partition coefficient (Wildman–Crippen LogP) is 3.36. The van der Waals surface area contributed by atoms with Crippen molar-refractivity contribution in [3.05, 3.63) is 34.9 Å². The number of hydrogen-bond acceptors (Lipinski definition) is 2. The van der Waals surface area contributed by atoms with Gasteiger partial charge in [-0.15, -0.1) is 0 Å². The number of halogens is 1. The summed E-state index contributed by atoms with van der Waals surface area (Å²) in [6.07, 6.45) is 2.72. The van der Waals surface area contributed by atoms with Gasteiger partial charge in [0.25, 0.3) is 0 Å². The van der Waals surface area contributed by atoms with Crippen LogP contribution in [0.4, 0.5) is 0 Å². The van der Waals surface area contributed by atoms with E-state index >= 15 is 0 Å². The molecule has 1 amide bonds. The van der Waals surface area contributed by atoms with Crippen molar-refractivity contribution in [2.75, 3.05) is 13.2 Å². The highest BCUT2D eigenvalue weighted by molar-refractivity contribution is 6.30. The first kappa shape index (κ1) is 16.3. The molecule has 116 valence electrons.